The number of rotatable bonds is 4. The van der Waals surface area contributed by atoms with Crippen molar-refractivity contribution in [3.8, 4) is 0 Å². The Hall–Kier alpha value is -1.92. The van der Waals surface area contributed by atoms with Crippen LogP contribution in [0.2, 0.25) is 0 Å². The van der Waals surface area contributed by atoms with Crippen molar-refractivity contribution in [1.29, 1.82) is 0 Å². The van der Waals surface area contributed by atoms with Crippen LogP contribution in [0, 0.1) is 0 Å². The van der Waals surface area contributed by atoms with E-state index in [1.807, 2.05) is 24.3 Å². The Morgan fingerprint density at radius 1 is 1.52 bits per heavy atom. The van der Waals surface area contributed by atoms with Gasteiger partial charge in [0.05, 0.1) is 24.2 Å². The van der Waals surface area contributed by atoms with Crippen LogP contribution in [0.25, 0.3) is 11.0 Å². The van der Waals surface area contributed by atoms with Gasteiger partial charge in [0, 0.05) is 13.1 Å². The second-order valence-electron chi connectivity index (χ2n) is 5.15. The Labute approximate surface area is 123 Å². The zero-order chi connectivity index (χ0) is 14.7. The highest BCUT2D eigenvalue weighted by molar-refractivity contribution is 5.95. The highest BCUT2D eigenvalue weighted by Crippen LogP contribution is 2.20. The molecule has 1 fully saturated rings. The zero-order valence-electron chi connectivity index (χ0n) is 12.1. The topological polar surface area (TPSA) is 68.2 Å². The Morgan fingerprint density at radius 3 is 3.14 bits per heavy atom. The number of hydrogen-bond donors (Lipinski definition) is 2. The number of aromatic nitrogens is 2. The summed E-state index contributed by atoms with van der Waals surface area (Å²) in [6, 6.07) is 7.61. The number of para-hydroxylation sites is 2. The standard InChI is InChI=1S/C15H20N4O2/c1-2-8-19-13-6-4-3-5-11(13)17-15(19)18-14(20)12-10-21-9-7-16-12/h3-6,12,16H,2,7-10H2,1H3,(H,17,18,20). The van der Waals surface area contributed by atoms with Crippen molar-refractivity contribution in [2.75, 3.05) is 25.1 Å². The predicted molar refractivity (Wildman–Crippen MR) is 81.3 cm³/mol. The molecule has 1 amide bonds. The van der Waals surface area contributed by atoms with Gasteiger partial charge in [-0.05, 0) is 18.6 Å². The number of nitrogens with zero attached hydrogens (tertiary/aromatic N) is 2. The van der Waals surface area contributed by atoms with Crippen LogP contribution in [-0.2, 0) is 16.1 Å². The zero-order valence-corrected chi connectivity index (χ0v) is 12.1. The highest BCUT2D eigenvalue weighted by Gasteiger charge is 2.23. The van der Waals surface area contributed by atoms with Crippen LogP contribution in [0.5, 0.6) is 0 Å². The SMILES string of the molecule is CCCn1c(NC(=O)C2COCCN2)nc2ccccc21. The summed E-state index contributed by atoms with van der Waals surface area (Å²) in [5, 5.41) is 6.08. The van der Waals surface area contributed by atoms with Gasteiger partial charge in [-0.15, -0.1) is 0 Å². The minimum absolute atomic E-state index is 0.0950. The lowest BCUT2D eigenvalue weighted by atomic mass is 10.2. The number of carbonyl (C=O) groups excluding carboxylic acids is 1. The number of imidazole rings is 1. The van der Waals surface area contributed by atoms with Gasteiger partial charge in [0.2, 0.25) is 11.9 Å². The number of benzene rings is 1. The Morgan fingerprint density at radius 2 is 2.38 bits per heavy atom. The van der Waals surface area contributed by atoms with Crippen LogP contribution in [0.4, 0.5) is 5.95 Å². The van der Waals surface area contributed by atoms with Gasteiger partial charge in [-0.1, -0.05) is 19.1 Å². The van der Waals surface area contributed by atoms with Crippen molar-refractivity contribution in [2.45, 2.75) is 25.9 Å². The first-order valence-corrected chi connectivity index (χ1v) is 7.37. The third-order valence-corrected chi connectivity index (χ3v) is 3.57. The molecule has 1 aromatic carbocycles. The molecule has 21 heavy (non-hydrogen) atoms. The van der Waals surface area contributed by atoms with Crippen LogP contribution >= 0.6 is 0 Å². The van der Waals surface area contributed by atoms with Gasteiger partial charge in [-0.3, -0.25) is 10.1 Å². The fraction of sp³-hybridized carbons (Fsp3) is 0.467. The minimum Gasteiger partial charge on any atom is -0.378 e. The molecule has 0 bridgehead atoms. The van der Waals surface area contributed by atoms with E-state index in [2.05, 4.69) is 27.1 Å². The third kappa shape index (κ3) is 2.91. The predicted octanol–water partition coefficient (Wildman–Crippen LogP) is 1.37. The fourth-order valence-electron chi connectivity index (χ4n) is 2.55. The van der Waals surface area contributed by atoms with Crippen molar-refractivity contribution in [3.63, 3.8) is 0 Å². The maximum Gasteiger partial charge on any atom is 0.246 e. The summed E-state index contributed by atoms with van der Waals surface area (Å²) in [7, 11) is 0. The molecule has 0 saturated carbocycles. The van der Waals surface area contributed by atoms with Gasteiger partial charge in [0.1, 0.15) is 6.04 Å². The van der Waals surface area contributed by atoms with E-state index in [0.29, 0.717) is 25.7 Å². The molecule has 0 spiro atoms. The summed E-state index contributed by atoms with van der Waals surface area (Å²) in [5.74, 6) is 0.512. The fourth-order valence-corrected chi connectivity index (χ4v) is 2.55. The number of hydrogen-bond acceptors (Lipinski definition) is 4. The molecule has 2 N–H and O–H groups in total. The van der Waals surface area contributed by atoms with Crippen LogP contribution in [0.15, 0.2) is 24.3 Å². The summed E-state index contributed by atoms with van der Waals surface area (Å²) in [5.41, 5.74) is 1.94. The average Bonchev–Trinajstić information content (AvgIpc) is 2.86. The second-order valence-corrected chi connectivity index (χ2v) is 5.15. The van der Waals surface area contributed by atoms with Crippen LogP contribution < -0.4 is 10.6 Å². The second kappa shape index (κ2) is 6.24. The molecule has 6 nitrogen and oxygen atoms in total. The first-order chi connectivity index (χ1) is 10.3. The molecule has 1 aliphatic heterocycles. The van der Waals surface area contributed by atoms with Crippen molar-refractivity contribution in [3.05, 3.63) is 24.3 Å². The van der Waals surface area contributed by atoms with Gasteiger partial charge >= 0.3 is 0 Å². The van der Waals surface area contributed by atoms with E-state index >= 15 is 0 Å². The van der Waals surface area contributed by atoms with Crippen LogP contribution in [-0.4, -0.2) is 41.3 Å². The first-order valence-electron chi connectivity index (χ1n) is 7.37. The maximum atomic E-state index is 12.3. The number of fused-ring (bicyclic) bond motifs is 1. The molecule has 1 unspecified atom stereocenters. The lowest BCUT2D eigenvalue weighted by molar-refractivity contribution is -0.120. The molecule has 6 heteroatoms. The monoisotopic (exact) mass is 288 g/mol. The molecule has 0 radical (unpaired) electrons. The number of carbonyl (C=O) groups is 1. The quantitative estimate of drug-likeness (QED) is 0.891. The lowest BCUT2D eigenvalue weighted by Gasteiger charge is -2.22. The minimum atomic E-state index is -0.311. The third-order valence-electron chi connectivity index (χ3n) is 3.57. The summed E-state index contributed by atoms with van der Waals surface area (Å²) in [4.78, 5) is 16.8. The van der Waals surface area contributed by atoms with Crippen molar-refractivity contribution < 1.29 is 9.53 Å². The molecule has 1 atom stereocenters. The molecule has 2 heterocycles. The molecule has 1 saturated heterocycles. The molecule has 1 aliphatic rings. The first kappa shape index (κ1) is 14.0. The van der Waals surface area contributed by atoms with Gasteiger partial charge in [0.15, 0.2) is 0 Å². The highest BCUT2D eigenvalue weighted by atomic mass is 16.5. The Bertz CT molecular complexity index is 632. The number of morpholine rings is 1. The van der Waals surface area contributed by atoms with Crippen LogP contribution in [0.3, 0.4) is 0 Å². The van der Waals surface area contributed by atoms with Gasteiger partial charge in [-0.25, -0.2) is 4.98 Å². The van der Waals surface area contributed by atoms with E-state index in [1.54, 1.807) is 0 Å². The molecule has 3 rings (SSSR count). The number of anilines is 1. The van der Waals surface area contributed by atoms with Gasteiger partial charge in [0.25, 0.3) is 0 Å². The molecule has 112 valence electrons. The Balaban J connectivity index is 1.85. The van der Waals surface area contributed by atoms with Gasteiger partial charge in [-0.2, -0.15) is 0 Å². The van der Waals surface area contributed by atoms with Crippen molar-refractivity contribution in [1.82, 2.24) is 14.9 Å². The van der Waals surface area contributed by atoms with E-state index < -0.39 is 0 Å². The number of nitrogens with one attached hydrogen (secondary N) is 2. The van der Waals surface area contributed by atoms with Crippen molar-refractivity contribution in [2.24, 2.45) is 0 Å². The van der Waals surface area contributed by atoms with E-state index in [9.17, 15) is 4.79 Å². The average molecular weight is 288 g/mol. The Kier molecular flexibility index (Phi) is 4.17. The molecular formula is C15H20N4O2. The summed E-state index contributed by atoms with van der Waals surface area (Å²) in [6.45, 7) is 4.68. The van der Waals surface area contributed by atoms with E-state index in [-0.39, 0.29) is 11.9 Å². The maximum absolute atomic E-state index is 12.3. The van der Waals surface area contributed by atoms with Crippen LogP contribution in [0.1, 0.15) is 13.3 Å². The lowest BCUT2D eigenvalue weighted by Crippen LogP contribution is -2.49. The van der Waals surface area contributed by atoms with E-state index in [0.717, 1.165) is 24.0 Å². The smallest absolute Gasteiger partial charge is 0.246 e. The summed E-state index contributed by atoms with van der Waals surface area (Å²) < 4.78 is 7.38. The van der Waals surface area contributed by atoms with E-state index in [1.165, 1.54) is 0 Å². The molecular weight excluding hydrogens is 268 g/mol. The number of aryl methyl sites for hydroxylation is 1. The number of ether oxygens (including phenoxy) is 1. The van der Waals surface area contributed by atoms with E-state index in [4.69, 9.17) is 4.74 Å². The normalized spacial score (nSPS) is 18.8. The number of amides is 1. The van der Waals surface area contributed by atoms with Gasteiger partial charge < -0.3 is 14.6 Å². The van der Waals surface area contributed by atoms with Crippen molar-refractivity contribution >= 4 is 22.9 Å². The largest absolute Gasteiger partial charge is 0.378 e. The molecule has 2 aromatic rings. The summed E-state index contributed by atoms with van der Waals surface area (Å²) >= 11 is 0. The summed E-state index contributed by atoms with van der Waals surface area (Å²) in [6.07, 6.45) is 0.980. The molecule has 1 aromatic heterocycles. The molecule has 0 aliphatic carbocycles.